The number of hydrogen-bond acceptors (Lipinski definition) is 2. The maximum absolute atomic E-state index is 10.5. The second kappa shape index (κ2) is 6.06. The summed E-state index contributed by atoms with van der Waals surface area (Å²) in [5, 5.41) is 13.9. The van der Waals surface area contributed by atoms with Crippen LogP contribution in [0, 0.1) is 5.92 Å². The van der Waals surface area contributed by atoms with E-state index in [-0.39, 0.29) is 6.10 Å². The SMILES string of the molecule is OC(CC1CCCc2ccccc21)C1CCNCC1. The fraction of sp³-hybridized carbons (Fsp3) is 0.647. The van der Waals surface area contributed by atoms with E-state index in [4.69, 9.17) is 0 Å². The summed E-state index contributed by atoms with van der Waals surface area (Å²) in [5.74, 6) is 1.09. The molecule has 2 heteroatoms. The molecular formula is C17H25NO. The van der Waals surface area contributed by atoms with Crippen LogP contribution in [-0.2, 0) is 6.42 Å². The Labute approximate surface area is 116 Å². The van der Waals surface area contributed by atoms with Crippen molar-refractivity contribution in [2.24, 2.45) is 5.92 Å². The van der Waals surface area contributed by atoms with Gasteiger partial charge in [-0.1, -0.05) is 24.3 Å². The van der Waals surface area contributed by atoms with Crippen LogP contribution in [0.3, 0.4) is 0 Å². The second-order valence-electron chi connectivity index (χ2n) is 6.18. The van der Waals surface area contributed by atoms with E-state index >= 15 is 0 Å². The van der Waals surface area contributed by atoms with Crippen molar-refractivity contribution in [3.63, 3.8) is 0 Å². The normalized spacial score (nSPS) is 25.8. The molecular weight excluding hydrogens is 234 g/mol. The second-order valence-corrected chi connectivity index (χ2v) is 6.18. The Morgan fingerprint density at radius 3 is 2.79 bits per heavy atom. The molecule has 1 saturated heterocycles. The zero-order valence-electron chi connectivity index (χ0n) is 11.6. The smallest absolute Gasteiger partial charge is 0.0575 e. The lowest BCUT2D eigenvalue weighted by molar-refractivity contribution is 0.0726. The summed E-state index contributed by atoms with van der Waals surface area (Å²) < 4.78 is 0. The zero-order chi connectivity index (χ0) is 13.1. The first-order valence-electron chi connectivity index (χ1n) is 7.81. The lowest BCUT2D eigenvalue weighted by Crippen LogP contribution is -2.35. The minimum absolute atomic E-state index is 0.113. The minimum Gasteiger partial charge on any atom is -0.393 e. The Bertz CT molecular complexity index is 411. The van der Waals surface area contributed by atoms with Gasteiger partial charge in [-0.3, -0.25) is 0 Å². The van der Waals surface area contributed by atoms with Crippen molar-refractivity contribution in [1.29, 1.82) is 0 Å². The third-order valence-corrected chi connectivity index (χ3v) is 4.95. The zero-order valence-corrected chi connectivity index (χ0v) is 11.6. The number of aliphatic hydroxyl groups is 1. The molecule has 0 radical (unpaired) electrons. The largest absolute Gasteiger partial charge is 0.393 e. The average Bonchev–Trinajstić information content (AvgIpc) is 2.48. The molecule has 0 aromatic heterocycles. The van der Waals surface area contributed by atoms with E-state index in [1.807, 2.05) is 0 Å². The summed E-state index contributed by atoms with van der Waals surface area (Å²) >= 11 is 0. The van der Waals surface area contributed by atoms with Gasteiger partial charge in [0.1, 0.15) is 0 Å². The van der Waals surface area contributed by atoms with E-state index in [1.165, 1.54) is 30.4 Å². The summed E-state index contributed by atoms with van der Waals surface area (Å²) in [6.07, 6.45) is 6.86. The monoisotopic (exact) mass is 259 g/mol. The third kappa shape index (κ3) is 3.01. The van der Waals surface area contributed by atoms with Crippen molar-refractivity contribution >= 4 is 0 Å². The molecule has 2 atom stereocenters. The van der Waals surface area contributed by atoms with E-state index in [9.17, 15) is 5.11 Å². The van der Waals surface area contributed by atoms with Crippen molar-refractivity contribution in [1.82, 2.24) is 5.32 Å². The lowest BCUT2D eigenvalue weighted by atomic mass is 9.77. The van der Waals surface area contributed by atoms with Gasteiger partial charge in [0.05, 0.1) is 6.10 Å². The van der Waals surface area contributed by atoms with Gasteiger partial charge in [-0.25, -0.2) is 0 Å². The van der Waals surface area contributed by atoms with E-state index < -0.39 is 0 Å². The molecule has 0 amide bonds. The van der Waals surface area contributed by atoms with Gasteiger partial charge in [0.15, 0.2) is 0 Å². The van der Waals surface area contributed by atoms with E-state index in [0.29, 0.717) is 11.8 Å². The van der Waals surface area contributed by atoms with Crippen LogP contribution in [0.15, 0.2) is 24.3 Å². The first-order chi connectivity index (χ1) is 9.34. The van der Waals surface area contributed by atoms with Gasteiger partial charge in [0, 0.05) is 0 Å². The molecule has 1 aromatic rings. The highest BCUT2D eigenvalue weighted by Crippen LogP contribution is 2.36. The molecule has 0 bridgehead atoms. The van der Waals surface area contributed by atoms with Crippen molar-refractivity contribution in [2.75, 3.05) is 13.1 Å². The number of rotatable bonds is 3. The molecule has 19 heavy (non-hydrogen) atoms. The summed E-state index contributed by atoms with van der Waals surface area (Å²) in [6.45, 7) is 2.14. The number of nitrogens with one attached hydrogen (secondary N) is 1. The summed E-state index contributed by atoms with van der Waals surface area (Å²) in [4.78, 5) is 0. The molecule has 2 aliphatic rings. The number of aliphatic hydroxyl groups excluding tert-OH is 1. The molecule has 2 unspecified atom stereocenters. The quantitative estimate of drug-likeness (QED) is 0.875. The predicted molar refractivity (Wildman–Crippen MR) is 78.3 cm³/mol. The van der Waals surface area contributed by atoms with Gasteiger partial charge >= 0.3 is 0 Å². The standard InChI is InChI=1S/C17H25NO/c19-17(14-8-10-18-11-9-14)12-15-6-3-5-13-4-1-2-7-16(13)15/h1-2,4,7,14-15,17-19H,3,5-6,8-12H2. The van der Waals surface area contributed by atoms with E-state index in [2.05, 4.69) is 29.6 Å². The van der Waals surface area contributed by atoms with Gasteiger partial charge in [0.2, 0.25) is 0 Å². The first kappa shape index (κ1) is 13.1. The van der Waals surface area contributed by atoms with Gasteiger partial charge in [-0.2, -0.15) is 0 Å². The third-order valence-electron chi connectivity index (χ3n) is 4.95. The van der Waals surface area contributed by atoms with Crippen LogP contribution in [0.1, 0.15) is 49.1 Å². The molecule has 1 aromatic carbocycles. The van der Waals surface area contributed by atoms with Gasteiger partial charge in [0.25, 0.3) is 0 Å². The maximum Gasteiger partial charge on any atom is 0.0575 e. The Kier molecular flexibility index (Phi) is 4.19. The molecule has 1 heterocycles. The first-order valence-corrected chi connectivity index (χ1v) is 7.81. The molecule has 1 fully saturated rings. The molecule has 104 valence electrons. The lowest BCUT2D eigenvalue weighted by Gasteiger charge is -2.32. The van der Waals surface area contributed by atoms with Crippen LogP contribution in [0.25, 0.3) is 0 Å². The highest BCUT2D eigenvalue weighted by atomic mass is 16.3. The molecule has 3 rings (SSSR count). The highest BCUT2D eigenvalue weighted by Gasteiger charge is 2.27. The number of fused-ring (bicyclic) bond motifs is 1. The van der Waals surface area contributed by atoms with Crippen molar-refractivity contribution in [2.45, 2.75) is 50.5 Å². The summed E-state index contributed by atoms with van der Waals surface area (Å²) in [6, 6.07) is 8.82. The van der Waals surface area contributed by atoms with Crippen LogP contribution < -0.4 is 5.32 Å². The topological polar surface area (TPSA) is 32.3 Å². The fourth-order valence-corrected chi connectivity index (χ4v) is 3.81. The van der Waals surface area contributed by atoms with Crippen LogP contribution in [0.4, 0.5) is 0 Å². The average molecular weight is 259 g/mol. The summed E-state index contributed by atoms with van der Waals surface area (Å²) in [7, 11) is 0. The van der Waals surface area contributed by atoms with E-state index in [1.54, 1.807) is 0 Å². The Morgan fingerprint density at radius 1 is 1.16 bits per heavy atom. The molecule has 2 N–H and O–H groups in total. The molecule has 0 saturated carbocycles. The summed E-state index contributed by atoms with van der Waals surface area (Å²) in [5.41, 5.74) is 3.01. The highest BCUT2D eigenvalue weighted by molar-refractivity contribution is 5.32. The van der Waals surface area contributed by atoms with E-state index in [0.717, 1.165) is 32.4 Å². The van der Waals surface area contributed by atoms with Crippen molar-refractivity contribution < 1.29 is 5.11 Å². The fourth-order valence-electron chi connectivity index (χ4n) is 3.81. The Hall–Kier alpha value is -0.860. The maximum atomic E-state index is 10.5. The minimum atomic E-state index is -0.113. The molecule has 0 spiro atoms. The number of piperidine rings is 1. The number of hydrogen-bond donors (Lipinski definition) is 2. The van der Waals surface area contributed by atoms with Crippen molar-refractivity contribution in [3.05, 3.63) is 35.4 Å². The van der Waals surface area contributed by atoms with Gasteiger partial charge < -0.3 is 10.4 Å². The Balaban J connectivity index is 1.66. The van der Waals surface area contributed by atoms with Gasteiger partial charge in [-0.05, 0) is 74.6 Å². The van der Waals surface area contributed by atoms with Gasteiger partial charge in [-0.15, -0.1) is 0 Å². The van der Waals surface area contributed by atoms with Crippen LogP contribution in [-0.4, -0.2) is 24.3 Å². The molecule has 1 aliphatic heterocycles. The van der Waals surface area contributed by atoms with Crippen LogP contribution in [0.5, 0.6) is 0 Å². The number of benzene rings is 1. The molecule has 2 nitrogen and oxygen atoms in total. The van der Waals surface area contributed by atoms with Crippen LogP contribution in [0.2, 0.25) is 0 Å². The number of aryl methyl sites for hydroxylation is 1. The van der Waals surface area contributed by atoms with Crippen molar-refractivity contribution in [3.8, 4) is 0 Å². The predicted octanol–water partition coefficient (Wildman–Crippen LogP) is 2.86. The molecule has 1 aliphatic carbocycles. The Morgan fingerprint density at radius 2 is 1.95 bits per heavy atom. The van der Waals surface area contributed by atoms with Crippen LogP contribution >= 0.6 is 0 Å².